The molecule has 1 N–H and O–H groups in total. The molecule has 0 aliphatic carbocycles. The number of nitrogens with zero attached hydrogens (tertiary/aromatic N) is 1. The molecule has 3 rings (SSSR count). The first-order chi connectivity index (χ1) is 14.9. The van der Waals surface area contributed by atoms with Gasteiger partial charge in [0.1, 0.15) is 5.75 Å². The van der Waals surface area contributed by atoms with Crippen molar-refractivity contribution in [2.45, 2.75) is 13.8 Å². The first kappa shape index (κ1) is 22.0. The summed E-state index contributed by atoms with van der Waals surface area (Å²) in [5.41, 5.74) is 2.82. The first-order valence-electron chi connectivity index (χ1n) is 9.92. The number of anilines is 2. The van der Waals surface area contributed by atoms with Gasteiger partial charge in [0.15, 0.2) is 18.1 Å². The minimum Gasteiger partial charge on any atom is -0.493 e. The number of carbonyl (C=O) groups is 2. The molecule has 0 saturated heterocycles. The van der Waals surface area contributed by atoms with Gasteiger partial charge in [0.05, 0.1) is 19.4 Å². The molecule has 1 aliphatic heterocycles. The minimum absolute atomic E-state index is 0.0136. The fraction of sp³-hybridized carbons (Fsp3) is 0.250. The van der Waals surface area contributed by atoms with E-state index in [0.29, 0.717) is 41.8 Å². The van der Waals surface area contributed by atoms with Crippen molar-refractivity contribution < 1.29 is 23.8 Å². The fourth-order valence-electron chi connectivity index (χ4n) is 3.14. The van der Waals surface area contributed by atoms with E-state index in [9.17, 15) is 9.59 Å². The highest BCUT2D eigenvalue weighted by Crippen LogP contribution is 2.35. The van der Waals surface area contributed by atoms with Gasteiger partial charge in [-0.05, 0) is 55.8 Å². The fourth-order valence-corrected chi connectivity index (χ4v) is 3.14. The summed E-state index contributed by atoms with van der Waals surface area (Å²) in [7, 11) is 1.57. The Morgan fingerprint density at radius 3 is 2.77 bits per heavy atom. The lowest BCUT2D eigenvalue weighted by atomic mass is 10.1. The summed E-state index contributed by atoms with van der Waals surface area (Å²) in [6.07, 6.45) is 3.12. The van der Waals surface area contributed by atoms with E-state index in [2.05, 4.69) is 11.9 Å². The number of rotatable bonds is 8. The largest absolute Gasteiger partial charge is 0.493 e. The van der Waals surface area contributed by atoms with E-state index >= 15 is 0 Å². The molecular formula is C24H26N2O5. The third kappa shape index (κ3) is 5.45. The van der Waals surface area contributed by atoms with Gasteiger partial charge in [-0.15, -0.1) is 0 Å². The van der Waals surface area contributed by atoms with Crippen molar-refractivity contribution in [3.63, 3.8) is 0 Å². The van der Waals surface area contributed by atoms with Crippen LogP contribution in [0.15, 0.2) is 54.6 Å². The van der Waals surface area contributed by atoms with E-state index in [0.717, 1.165) is 11.1 Å². The van der Waals surface area contributed by atoms with Crippen LogP contribution in [0.1, 0.15) is 19.4 Å². The minimum atomic E-state index is -0.303. The molecule has 0 aromatic heterocycles. The lowest BCUT2D eigenvalue weighted by molar-refractivity contribution is -0.121. The lowest BCUT2D eigenvalue weighted by Crippen LogP contribution is -2.39. The van der Waals surface area contributed by atoms with Crippen LogP contribution in [0.5, 0.6) is 17.2 Å². The van der Waals surface area contributed by atoms with E-state index < -0.39 is 0 Å². The maximum absolute atomic E-state index is 12.4. The molecule has 1 heterocycles. The van der Waals surface area contributed by atoms with Crippen LogP contribution in [0.25, 0.3) is 6.08 Å². The van der Waals surface area contributed by atoms with Crippen LogP contribution in [-0.2, 0) is 9.59 Å². The molecule has 0 atom stereocenters. The molecule has 31 heavy (non-hydrogen) atoms. The molecule has 0 spiro atoms. The predicted molar refractivity (Wildman–Crippen MR) is 121 cm³/mol. The summed E-state index contributed by atoms with van der Waals surface area (Å²) >= 11 is 0. The Bertz CT molecular complexity index is 1030. The van der Waals surface area contributed by atoms with Crippen molar-refractivity contribution in [1.29, 1.82) is 0 Å². The number of methoxy groups -OCH3 is 1. The average Bonchev–Trinajstić information content (AvgIpc) is 2.75. The van der Waals surface area contributed by atoms with Gasteiger partial charge < -0.3 is 24.4 Å². The smallest absolute Gasteiger partial charge is 0.265 e. The molecule has 0 bridgehead atoms. The van der Waals surface area contributed by atoms with Gasteiger partial charge in [0.25, 0.3) is 5.91 Å². The van der Waals surface area contributed by atoms with Gasteiger partial charge in [-0.1, -0.05) is 18.2 Å². The zero-order chi connectivity index (χ0) is 22.4. The van der Waals surface area contributed by atoms with Crippen LogP contribution in [-0.4, -0.2) is 38.7 Å². The third-order valence-corrected chi connectivity index (χ3v) is 4.51. The SMILES string of the molecule is C=C(C)CN1C(=O)COc2ccc(NC(=O)/C=C/c3ccc(OCC)c(OC)c3)cc21. The topological polar surface area (TPSA) is 77.1 Å². The standard InChI is InChI=1S/C24H26N2O5/c1-5-30-21-9-6-17(12-22(21)29-4)7-11-23(27)25-18-8-10-20-19(13-18)26(14-16(2)3)24(28)15-31-20/h6-13H,2,5,14-15H2,1,3-4H3,(H,25,27)/b11-7+. The van der Waals surface area contributed by atoms with Crippen molar-refractivity contribution in [3.05, 3.63) is 60.2 Å². The van der Waals surface area contributed by atoms with Crippen LogP contribution in [0.2, 0.25) is 0 Å². The third-order valence-electron chi connectivity index (χ3n) is 4.51. The molecule has 162 valence electrons. The number of fused-ring (bicyclic) bond motifs is 1. The number of nitrogens with one attached hydrogen (secondary N) is 1. The summed E-state index contributed by atoms with van der Waals surface area (Å²) < 4.78 is 16.3. The van der Waals surface area contributed by atoms with E-state index in [1.54, 1.807) is 48.4 Å². The summed E-state index contributed by atoms with van der Waals surface area (Å²) in [4.78, 5) is 26.3. The molecule has 7 nitrogen and oxygen atoms in total. The Morgan fingerprint density at radius 2 is 2.06 bits per heavy atom. The second kappa shape index (κ2) is 9.84. The Labute approximate surface area is 181 Å². The molecule has 2 aromatic carbocycles. The second-order valence-electron chi connectivity index (χ2n) is 7.07. The Morgan fingerprint density at radius 1 is 1.26 bits per heavy atom. The van der Waals surface area contributed by atoms with Crippen molar-refractivity contribution in [3.8, 4) is 17.2 Å². The van der Waals surface area contributed by atoms with Crippen LogP contribution in [0, 0.1) is 0 Å². The zero-order valence-corrected chi connectivity index (χ0v) is 17.9. The summed E-state index contributed by atoms with van der Waals surface area (Å²) in [6.45, 7) is 8.55. The number of benzene rings is 2. The highest BCUT2D eigenvalue weighted by atomic mass is 16.5. The summed E-state index contributed by atoms with van der Waals surface area (Å²) in [6, 6.07) is 10.6. The number of hydrogen-bond donors (Lipinski definition) is 1. The molecule has 0 radical (unpaired) electrons. The van der Waals surface area contributed by atoms with Gasteiger partial charge in [-0.3, -0.25) is 9.59 Å². The molecular weight excluding hydrogens is 396 g/mol. The lowest BCUT2D eigenvalue weighted by Gasteiger charge is -2.30. The van der Waals surface area contributed by atoms with Gasteiger partial charge in [-0.25, -0.2) is 0 Å². The highest BCUT2D eigenvalue weighted by Gasteiger charge is 2.25. The normalized spacial score (nSPS) is 12.9. The predicted octanol–water partition coefficient (Wildman–Crippen LogP) is 4.05. The van der Waals surface area contributed by atoms with Crippen LogP contribution < -0.4 is 24.4 Å². The number of carbonyl (C=O) groups excluding carboxylic acids is 2. The van der Waals surface area contributed by atoms with E-state index in [1.165, 1.54) is 6.08 Å². The van der Waals surface area contributed by atoms with Gasteiger partial charge in [-0.2, -0.15) is 0 Å². The van der Waals surface area contributed by atoms with E-state index in [1.807, 2.05) is 19.9 Å². The van der Waals surface area contributed by atoms with Crippen LogP contribution in [0.3, 0.4) is 0 Å². The maximum Gasteiger partial charge on any atom is 0.265 e. The van der Waals surface area contributed by atoms with Crippen molar-refractivity contribution in [2.75, 3.05) is 37.1 Å². The molecule has 0 unspecified atom stereocenters. The van der Waals surface area contributed by atoms with E-state index in [-0.39, 0.29) is 18.4 Å². The number of amides is 2. The van der Waals surface area contributed by atoms with E-state index in [4.69, 9.17) is 14.2 Å². The van der Waals surface area contributed by atoms with Gasteiger partial charge >= 0.3 is 0 Å². The van der Waals surface area contributed by atoms with Crippen LogP contribution >= 0.6 is 0 Å². The van der Waals surface area contributed by atoms with Crippen molar-refractivity contribution in [2.24, 2.45) is 0 Å². The zero-order valence-electron chi connectivity index (χ0n) is 17.9. The quantitative estimate of drug-likeness (QED) is 0.513. The molecule has 0 fully saturated rings. The highest BCUT2D eigenvalue weighted by molar-refractivity contribution is 6.03. The molecule has 2 aromatic rings. The number of ether oxygens (including phenoxy) is 3. The van der Waals surface area contributed by atoms with Crippen LogP contribution in [0.4, 0.5) is 11.4 Å². The van der Waals surface area contributed by atoms with Gasteiger partial charge in [0.2, 0.25) is 5.91 Å². The number of hydrogen-bond acceptors (Lipinski definition) is 5. The molecule has 2 amide bonds. The van der Waals surface area contributed by atoms with Gasteiger partial charge in [0, 0.05) is 18.3 Å². The monoisotopic (exact) mass is 422 g/mol. The molecule has 1 aliphatic rings. The summed E-state index contributed by atoms with van der Waals surface area (Å²) in [5.74, 6) is 1.39. The summed E-state index contributed by atoms with van der Waals surface area (Å²) in [5, 5.41) is 2.81. The maximum atomic E-state index is 12.4. The molecule has 7 heteroatoms. The Hall–Kier alpha value is -3.74. The first-order valence-corrected chi connectivity index (χ1v) is 9.92. The average molecular weight is 422 g/mol. The van der Waals surface area contributed by atoms with Crippen molar-refractivity contribution in [1.82, 2.24) is 0 Å². The Balaban J connectivity index is 1.73. The Kier molecular flexibility index (Phi) is 6.97. The van der Waals surface area contributed by atoms with Crippen molar-refractivity contribution >= 4 is 29.3 Å². The second-order valence-corrected chi connectivity index (χ2v) is 7.07. The molecule has 0 saturated carbocycles.